The summed E-state index contributed by atoms with van der Waals surface area (Å²) in [5.74, 6) is -1.72. The third-order valence-electron chi connectivity index (χ3n) is 14.5. The van der Waals surface area contributed by atoms with E-state index in [2.05, 4.69) is 215 Å². The van der Waals surface area contributed by atoms with E-state index in [-0.39, 0.29) is 19.3 Å². The number of aliphatic hydroxyl groups excluding tert-OH is 2. The van der Waals surface area contributed by atoms with Crippen molar-refractivity contribution in [2.24, 2.45) is 0 Å². The van der Waals surface area contributed by atoms with Crippen molar-refractivity contribution in [1.29, 1.82) is 0 Å². The maximum atomic E-state index is 12.9. The van der Waals surface area contributed by atoms with Gasteiger partial charge in [-0.2, -0.15) is 0 Å². The molecule has 0 aromatic rings. The molecule has 16 nitrogen and oxygen atoms in total. The van der Waals surface area contributed by atoms with E-state index in [0.717, 1.165) is 154 Å². The molecule has 0 saturated carbocycles. The van der Waals surface area contributed by atoms with E-state index >= 15 is 0 Å². The fourth-order valence-corrected chi connectivity index (χ4v) is 10.5. The average Bonchev–Trinajstić information content (AvgIpc) is 0.974. The molecule has 0 saturated heterocycles. The number of esters is 3. The number of phosphoric acid groups is 2. The van der Waals surface area contributed by atoms with Gasteiger partial charge in [-0.15, -0.1) is 0 Å². The predicted octanol–water partition coefficient (Wildman–Crippen LogP) is 21.8. The number of aliphatic hydroxyl groups is 2. The number of phosphoric ester groups is 2. The molecule has 18 heteroatoms. The van der Waals surface area contributed by atoms with Crippen LogP contribution in [0.2, 0.25) is 0 Å². The van der Waals surface area contributed by atoms with Crippen LogP contribution in [-0.2, 0) is 55.8 Å². The van der Waals surface area contributed by atoms with E-state index in [1.54, 1.807) is 0 Å². The van der Waals surface area contributed by atoms with Crippen LogP contribution in [-0.4, -0.2) is 95.9 Å². The highest BCUT2D eigenvalue weighted by Gasteiger charge is 2.29. The van der Waals surface area contributed by atoms with Gasteiger partial charge in [0.1, 0.15) is 25.4 Å². The van der Waals surface area contributed by atoms with Crippen LogP contribution >= 0.6 is 15.6 Å². The van der Waals surface area contributed by atoms with Crippen LogP contribution in [0.1, 0.15) is 239 Å². The first kappa shape index (κ1) is 95.1. The molecule has 568 valence electrons. The molecule has 0 bridgehead atoms. The Hall–Kier alpha value is -5.87. The summed E-state index contributed by atoms with van der Waals surface area (Å²) in [6.07, 6.45) is 97.4. The molecule has 101 heavy (non-hydrogen) atoms. The first-order chi connectivity index (χ1) is 49.2. The molecule has 0 aromatic carbocycles. The fourth-order valence-electron chi connectivity index (χ4n) is 8.90. The second kappa shape index (κ2) is 73.9. The zero-order valence-corrected chi connectivity index (χ0v) is 63.5. The number of carbonyl (C=O) groups excluding carboxylic acids is 3. The van der Waals surface area contributed by atoms with Crippen LogP contribution in [0.5, 0.6) is 0 Å². The summed E-state index contributed by atoms with van der Waals surface area (Å²) in [6.45, 7) is 2.16. The number of carbonyl (C=O) groups is 3. The van der Waals surface area contributed by atoms with Crippen LogP contribution < -0.4 is 0 Å². The van der Waals surface area contributed by atoms with Gasteiger partial charge in [0.15, 0.2) is 6.10 Å². The summed E-state index contributed by atoms with van der Waals surface area (Å²) in [6, 6.07) is 0. The van der Waals surface area contributed by atoms with Crippen molar-refractivity contribution >= 4 is 33.6 Å². The van der Waals surface area contributed by atoms with Crippen molar-refractivity contribution in [3.63, 3.8) is 0 Å². The van der Waals surface area contributed by atoms with Crippen molar-refractivity contribution in [3.05, 3.63) is 207 Å². The number of hydrogen-bond donors (Lipinski definition) is 4. The molecule has 0 amide bonds. The summed E-state index contributed by atoms with van der Waals surface area (Å²) in [5.41, 5.74) is 0. The molecule has 0 spiro atoms. The molecule has 5 atom stereocenters. The van der Waals surface area contributed by atoms with E-state index < -0.39 is 91.5 Å². The molecule has 0 heterocycles. The van der Waals surface area contributed by atoms with Gasteiger partial charge in [-0.05, 0) is 161 Å². The normalized spacial score (nSPS) is 15.2. The van der Waals surface area contributed by atoms with Crippen LogP contribution in [0.4, 0.5) is 0 Å². The Kier molecular flexibility index (Phi) is 69.6. The monoisotopic (exact) mass is 1440 g/mol. The quantitative estimate of drug-likeness (QED) is 0.0146. The summed E-state index contributed by atoms with van der Waals surface area (Å²) >= 11 is 0. The van der Waals surface area contributed by atoms with Gasteiger partial charge in [-0.25, -0.2) is 9.13 Å². The van der Waals surface area contributed by atoms with Crippen LogP contribution in [0.25, 0.3) is 0 Å². The lowest BCUT2D eigenvalue weighted by atomic mass is 10.1. The van der Waals surface area contributed by atoms with Gasteiger partial charge in [0, 0.05) is 19.3 Å². The fraction of sp³-hybridized carbons (Fsp3) is 0.554. The van der Waals surface area contributed by atoms with Gasteiger partial charge in [0.25, 0.3) is 0 Å². The first-order valence-corrected chi connectivity index (χ1v) is 40.4. The van der Waals surface area contributed by atoms with E-state index in [9.17, 15) is 43.5 Å². The second-order valence-electron chi connectivity index (χ2n) is 23.9. The molecule has 0 aromatic heterocycles. The van der Waals surface area contributed by atoms with Gasteiger partial charge in [-0.1, -0.05) is 266 Å². The highest BCUT2D eigenvalue weighted by molar-refractivity contribution is 7.47. The summed E-state index contributed by atoms with van der Waals surface area (Å²) < 4.78 is 60.9. The summed E-state index contributed by atoms with van der Waals surface area (Å²) in [5, 5.41) is 20.6. The van der Waals surface area contributed by atoms with Crippen molar-refractivity contribution in [3.8, 4) is 0 Å². The highest BCUT2D eigenvalue weighted by atomic mass is 31.2. The Labute approximate surface area is 609 Å². The van der Waals surface area contributed by atoms with Gasteiger partial charge in [-0.3, -0.25) is 32.5 Å². The molecule has 0 aliphatic rings. The predicted molar refractivity (Wildman–Crippen MR) is 417 cm³/mol. The zero-order valence-electron chi connectivity index (χ0n) is 61.7. The largest absolute Gasteiger partial charge is 0.472 e. The van der Waals surface area contributed by atoms with Gasteiger partial charge in [0.2, 0.25) is 0 Å². The van der Waals surface area contributed by atoms with E-state index in [4.69, 9.17) is 32.3 Å². The maximum absolute atomic E-state index is 12.9. The van der Waals surface area contributed by atoms with Gasteiger partial charge >= 0.3 is 33.6 Å². The van der Waals surface area contributed by atoms with Crippen molar-refractivity contribution in [1.82, 2.24) is 0 Å². The number of ether oxygens (including phenoxy) is 3. The van der Waals surface area contributed by atoms with Crippen LogP contribution in [0.15, 0.2) is 207 Å². The zero-order chi connectivity index (χ0) is 73.7. The summed E-state index contributed by atoms with van der Waals surface area (Å²) in [4.78, 5) is 58.5. The number of rotatable bonds is 68. The highest BCUT2D eigenvalue weighted by Crippen LogP contribution is 2.45. The lowest BCUT2D eigenvalue weighted by molar-refractivity contribution is -0.161. The molecule has 0 radical (unpaired) electrons. The number of allylic oxidation sites excluding steroid dienone is 34. The molecule has 0 aliphatic heterocycles. The number of hydrogen-bond acceptors (Lipinski definition) is 14. The second-order valence-corrected chi connectivity index (χ2v) is 26.9. The molecule has 0 aliphatic carbocycles. The third-order valence-corrected chi connectivity index (χ3v) is 16.4. The SMILES string of the molecule is CC/C=C\C/C=C\C/C=C\C/C=C\C/C=C\C/C=C\CCCCCCCCCCC(=O)OCC(O)COP(=O)(O)OCC(O)COP(=O)(O)OCC(COC(=O)CCCC/C=C\C/C=C\C/C=C\C/C=C\C/C=C\C/C=C\CC)OC(=O)CCC/C=C\C/C=C\C/C=C\C/C=C\C/C=C\CC. The van der Waals surface area contributed by atoms with E-state index in [1.165, 1.54) is 19.3 Å². The third kappa shape index (κ3) is 75.1. The Morgan fingerprint density at radius 3 is 0.832 bits per heavy atom. The summed E-state index contributed by atoms with van der Waals surface area (Å²) in [7, 11) is -9.84. The molecular formula is C83H130O16P2. The lowest BCUT2D eigenvalue weighted by Crippen LogP contribution is -2.30. The minimum atomic E-state index is -4.97. The Balaban J connectivity index is 4.73. The minimum Gasteiger partial charge on any atom is -0.463 e. The van der Waals surface area contributed by atoms with Crippen LogP contribution in [0.3, 0.4) is 0 Å². The minimum absolute atomic E-state index is 0.00697. The molecule has 4 N–H and O–H groups in total. The first-order valence-electron chi connectivity index (χ1n) is 37.4. The van der Waals surface area contributed by atoms with Gasteiger partial charge in [0.05, 0.1) is 26.4 Å². The Morgan fingerprint density at radius 2 is 0.505 bits per heavy atom. The molecule has 0 rings (SSSR count). The van der Waals surface area contributed by atoms with Crippen molar-refractivity contribution < 1.29 is 75.8 Å². The molecular weight excluding hydrogens is 1310 g/mol. The van der Waals surface area contributed by atoms with E-state index in [1.807, 2.05) is 12.2 Å². The Bertz CT molecular complexity index is 2660. The van der Waals surface area contributed by atoms with Crippen LogP contribution in [0, 0.1) is 0 Å². The maximum Gasteiger partial charge on any atom is 0.472 e. The molecule has 0 fully saturated rings. The van der Waals surface area contributed by atoms with Gasteiger partial charge < -0.3 is 34.2 Å². The van der Waals surface area contributed by atoms with Crippen molar-refractivity contribution in [2.45, 2.75) is 257 Å². The average molecular weight is 1450 g/mol. The molecule has 5 unspecified atom stereocenters. The topological polar surface area (TPSA) is 231 Å². The Morgan fingerprint density at radius 1 is 0.277 bits per heavy atom. The van der Waals surface area contributed by atoms with E-state index in [0.29, 0.717) is 25.7 Å². The number of unbranched alkanes of at least 4 members (excludes halogenated alkanes) is 11. The van der Waals surface area contributed by atoms with Crippen molar-refractivity contribution in [2.75, 3.05) is 39.6 Å². The lowest BCUT2D eigenvalue weighted by Gasteiger charge is -2.21. The smallest absolute Gasteiger partial charge is 0.463 e. The standard InChI is InChI=1S/C83H130O16P2/c1-4-7-10-13-16-19-22-25-28-31-33-35-36-37-38-39-40-42-44-46-48-51-54-57-60-63-66-69-81(86)93-72-78(84)73-95-100(89,90)96-74-79(85)75-97-101(91,92)98-77-80(99-83(88)71-68-65-62-59-56-53-50-45-30-27-24-21-18-15-12-9-6-3)76-94-82(87)70-67-64-61-58-55-52-49-47-43-41-34-32-29-26-23-20-17-14-11-8-5-2/h7-12,16-21,25-30,33-35,37-38,40-42,47,49-50,53,55,58-59,62,78-80,84-85H,4-6,13-15,22-24,31-32,36,39,43-46,48,51-52,54,56-57,60-61,63-77H2,1-3H3,(H,89,90)(H,91,92)/b10-7-,11-8-,12-9-,19-16-,20-17-,21-18-,28-25-,29-26-,30-27-,35-33-,38-37-,41-34-,42-40-,49-47-,53-50-,58-55-,62-59-.